The highest BCUT2D eigenvalue weighted by Gasteiger charge is 2.64. The summed E-state index contributed by atoms with van der Waals surface area (Å²) in [6.45, 7) is 6.16. The number of halogens is 2. The van der Waals surface area contributed by atoms with Gasteiger partial charge in [-0.05, 0) is 31.0 Å². The number of hydrogen-bond donors (Lipinski definition) is 4. The molecule has 43 heavy (non-hydrogen) atoms. The molecule has 0 radical (unpaired) electrons. The summed E-state index contributed by atoms with van der Waals surface area (Å²) in [6.07, 6.45) is -1.95. The molecule has 2 aliphatic heterocycles. The Morgan fingerprint density at radius 3 is 2.42 bits per heavy atom. The minimum Gasteiger partial charge on any atom is -0.508 e. The number of amides is 3. The molecule has 0 spiro atoms. The predicted octanol–water partition coefficient (Wildman–Crippen LogP) is 1.72. The van der Waals surface area contributed by atoms with Crippen molar-refractivity contribution in [3.05, 3.63) is 65.2 Å². The van der Waals surface area contributed by atoms with Gasteiger partial charge in [-0.15, -0.1) is 0 Å². The zero-order chi connectivity index (χ0) is 31.4. The number of aliphatic hydroxyl groups is 1. The standard InChI is InChI=1S/C31H40F2N4O6/c1-20-22(10-7-11-24(20)38)27(40)35-23(18-21-8-5-4-6-9-21)25(39)29(42)37-19-31(32,33)30(2,3)26(37)28(41)34-12-13-36-14-16-43-17-15-36/h4-11,23,25-26,38-39H,12-19H2,1-3H3,(H,34,41)(H,35,40)/t23-,25-,26+/m0/s1. The van der Waals surface area contributed by atoms with Gasteiger partial charge in [0, 0.05) is 37.3 Å². The highest BCUT2D eigenvalue weighted by atomic mass is 19.3. The number of aromatic hydroxyl groups is 1. The van der Waals surface area contributed by atoms with Gasteiger partial charge >= 0.3 is 0 Å². The Hall–Kier alpha value is -3.61. The van der Waals surface area contributed by atoms with Gasteiger partial charge in [0.1, 0.15) is 11.8 Å². The largest absolute Gasteiger partial charge is 0.508 e. The van der Waals surface area contributed by atoms with Crippen molar-refractivity contribution in [2.24, 2.45) is 5.41 Å². The normalized spacial score (nSPS) is 21.2. The Morgan fingerprint density at radius 2 is 1.74 bits per heavy atom. The maximum Gasteiger partial charge on any atom is 0.272 e. The molecular weight excluding hydrogens is 562 g/mol. The Labute approximate surface area is 250 Å². The molecule has 234 valence electrons. The van der Waals surface area contributed by atoms with Crippen molar-refractivity contribution in [1.29, 1.82) is 0 Å². The second-order valence-electron chi connectivity index (χ2n) is 11.7. The summed E-state index contributed by atoms with van der Waals surface area (Å²) in [5.41, 5.74) is -0.822. The molecule has 10 nitrogen and oxygen atoms in total. The van der Waals surface area contributed by atoms with Gasteiger partial charge in [-0.3, -0.25) is 19.3 Å². The number of nitrogens with one attached hydrogen (secondary N) is 2. The maximum absolute atomic E-state index is 15.3. The molecule has 4 N–H and O–H groups in total. The van der Waals surface area contributed by atoms with Crippen molar-refractivity contribution < 1.29 is 38.1 Å². The van der Waals surface area contributed by atoms with E-state index in [0.29, 0.717) is 44.0 Å². The molecule has 0 aromatic heterocycles. The number of benzene rings is 2. The summed E-state index contributed by atoms with van der Waals surface area (Å²) in [6, 6.07) is 10.4. The van der Waals surface area contributed by atoms with Gasteiger partial charge in [-0.2, -0.15) is 0 Å². The molecule has 3 atom stereocenters. The van der Waals surface area contributed by atoms with Gasteiger partial charge in [0.2, 0.25) is 5.91 Å². The van der Waals surface area contributed by atoms with Gasteiger partial charge in [-0.1, -0.05) is 50.2 Å². The third-order valence-corrected chi connectivity index (χ3v) is 8.47. The molecule has 2 fully saturated rings. The van der Waals surface area contributed by atoms with E-state index < -0.39 is 53.8 Å². The quantitative estimate of drug-likeness (QED) is 0.326. The van der Waals surface area contributed by atoms with Crippen LogP contribution in [0.3, 0.4) is 0 Å². The number of morpholine rings is 1. The third-order valence-electron chi connectivity index (χ3n) is 8.47. The van der Waals surface area contributed by atoms with Crippen LogP contribution in [0.4, 0.5) is 8.78 Å². The van der Waals surface area contributed by atoms with Crippen LogP contribution in [-0.4, -0.2) is 108 Å². The van der Waals surface area contributed by atoms with Crippen LogP contribution < -0.4 is 10.6 Å². The van der Waals surface area contributed by atoms with E-state index >= 15 is 8.78 Å². The molecule has 2 aromatic carbocycles. The fourth-order valence-electron chi connectivity index (χ4n) is 5.60. The van der Waals surface area contributed by atoms with Gasteiger partial charge in [-0.25, -0.2) is 8.78 Å². The Morgan fingerprint density at radius 1 is 1.07 bits per heavy atom. The van der Waals surface area contributed by atoms with Crippen LogP contribution in [0.1, 0.15) is 35.3 Å². The number of carbonyl (C=O) groups is 3. The average molecular weight is 603 g/mol. The second kappa shape index (κ2) is 13.4. The number of ether oxygens (including phenoxy) is 1. The lowest BCUT2D eigenvalue weighted by Gasteiger charge is -2.34. The number of phenols is 1. The fourth-order valence-corrected chi connectivity index (χ4v) is 5.60. The lowest BCUT2D eigenvalue weighted by atomic mass is 9.81. The van der Waals surface area contributed by atoms with Crippen LogP contribution in [0.15, 0.2) is 48.5 Å². The molecule has 2 saturated heterocycles. The maximum atomic E-state index is 15.3. The fraction of sp³-hybridized carbons (Fsp3) is 0.516. The Kier molecular flexibility index (Phi) is 10.0. The molecule has 3 amide bonds. The molecule has 12 heteroatoms. The van der Waals surface area contributed by atoms with Crippen molar-refractivity contribution >= 4 is 17.7 Å². The van der Waals surface area contributed by atoms with Crippen LogP contribution in [0.25, 0.3) is 0 Å². The van der Waals surface area contributed by atoms with E-state index in [1.165, 1.54) is 32.0 Å². The highest BCUT2D eigenvalue weighted by molar-refractivity contribution is 5.97. The molecule has 2 aromatic rings. The Balaban J connectivity index is 1.56. The molecule has 0 aliphatic carbocycles. The first-order valence-corrected chi connectivity index (χ1v) is 14.4. The lowest BCUT2D eigenvalue weighted by Crippen LogP contribution is -2.58. The molecule has 2 heterocycles. The van der Waals surface area contributed by atoms with Crippen molar-refractivity contribution in [2.45, 2.75) is 51.3 Å². The lowest BCUT2D eigenvalue weighted by molar-refractivity contribution is -0.148. The van der Waals surface area contributed by atoms with Crippen LogP contribution in [0, 0.1) is 12.3 Å². The molecule has 4 rings (SSSR count). The minimum atomic E-state index is -3.43. The summed E-state index contributed by atoms with van der Waals surface area (Å²) in [5, 5.41) is 26.8. The van der Waals surface area contributed by atoms with E-state index in [9.17, 15) is 24.6 Å². The van der Waals surface area contributed by atoms with E-state index in [2.05, 4.69) is 15.5 Å². The first kappa shape index (κ1) is 32.3. The number of likely N-dealkylation sites (tertiary alicyclic amines) is 1. The van der Waals surface area contributed by atoms with Crippen molar-refractivity contribution in [3.63, 3.8) is 0 Å². The molecular formula is C31H40F2N4O6. The van der Waals surface area contributed by atoms with E-state index in [-0.39, 0.29) is 24.3 Å². The summed E-state index contributed by atoms with van der Waals surface area (Å²) in [5.74, 6) is -6.02. The van der Waals surface area contributed by atoms with Crippen molar-refractivity contribution in [1.82, 2.24) is 20.4 Å². The van der Waals surface area contributed by atoms with Crippen molar-refractivity contribution in [3.8, 4) is 5.75 Å². The summed E-state index contributed by atoms with van der Waals surface area (Å²) in [7, 11) is 0. The molecule has 0 bridgehead atoms. The van der Waals surface area contributed by atoms with Gasteiger partial charge in [0.15, 0.2) is 6.10 Å². The summed E-state index contributed by atoms with van der Waals surface area (Å²) >= 11 is 0. The number of nitrogens with zero attached hydrogens (tertiary/aromatic N) is 2. The third kappa shape index (κ3) is 7.14. The van der Waals surface area contributed by atoms with E-state index in [0.717, 1.165) is 4.90 Å². The van der Waals surface area contributed by atoms with E-state index in [1.807, 2.05) is 0 Å². The van der Waals surface area contributed by atoms with Crippen LogP contribution in [0.5, 0.6) is 5.75 Å². The van der Waals surface area contributed by atoms with Gasteiger partial charge in [0.05, 0.1) is 31.2 Å². The van der Waals surface area contributed by atoms with Crippen molar-refractivity contribution in [2.75, 3.05) is 45.9 Å². The Bertz CT molecular complexity index is 1300. The molecule has 0 unspecified atom stereocenters. The first-order chi connectivity index (χ1) is 20.3. The van der Waals surface area contributed by atoms with Gasteiger partial charge < -0.3 is 30.5 Å². The minimum absolute atomic E-state index is 0.00138. The van der Waals surface area contributed by atoms with Gasteiger partial charge in [0.25, 0.3) is 17.7 Å². The van der Waals surface area contributed by atoms with E-state index in [4.69, 9.17) is 4.74 Å². The van der Waals surface area contributed by atoms with E-state index in [1.54, 1.807) is 37.3 Å². The smallest absolute Gasteiger partial charge is 0.272 e. The monoisotopic (exact) mass is 602 g/mol. The predicted molar refractivity (Wildman–Crippen MR) is 155 cm³/mol. The molecule has 2 aliphatic rings. The van der Waals surface area contributed by atoms with Crippen LogP contribution >= 0.6 is 0 Å². The first-order valence-electron chi connectivity index (χ1n) is 14.4. The number of hydrogen-bond acceptors (Lipinski definition) is 7. The SMILES string of the molecule is Cc1c(O)cccc1C(=O)N[C@@H](Cc1ccccc1)[C@H](O)C(=O)N1CC(F)(F)C(C)(C)[C@H]1C(=O)NCCN1CCOCC1. The average Bonchev–Trinajstić information content (AvgIpc) is 3.17. The summed E-state index contributed by atoms with van der Waals surface area (Å²) < 4.78 is 35.9. The zero-order valence-electron chi connectivity index (χ0n) is 24.7. The summed E-state index contributed by atoms with van der Waals surface area (Å²) in [4.78, 5) is 43.2. The zero-order valence-corrected chi connectivity index (χ0v) is 24.7. The number of aliphatic hydroxyl groups excluding tert-OH is 1. The number of rotatable bonds is 10. The topological polar surface area (TPSA) is 131 Å². The van der Waals surface area contributed by atoms with Crippen LogP contribution in [-0.2, 0) is 20.7 Å². The van der Waals surface area contributed by atoms with Crippen LogP contribution in [0.2, 0.25) is 0 Å². The number of phenolic OH excluding ortho intramolecular Hbond substituents is 1. The number of alkyl halides is 2. The number of carbonyl (C=O) groups excluding carboxylic acids is 3. The second-order valence-corrected chi connectivity index (χ2v) is 11.7. The molecule has 0 saturated carbocycles. The highest BCUT2D eigenvalue weighted by Crippen LogP contribution is 2.48.